The summed E-state index contributed by atoms with van der Waals surface area (Å²) in [6.07, 6.45) is -1.13. The Balaban J connectivity index is 0.000000321. The molecule has 0 saturated heterocycles. The van der Waals surface area contributed by atoms with Gasteiger partial charge >= 0.3 is 12.1 Å². The maximum atomic E-state index is 10.6. The van der Waals surface area contributed by atoms with Gasteiger partial charge in [0, 0.05) is 50.4 Å². The van der Waals surface area contributed by atoms with E-state index in [1.807, 2.05) is 6.20 Å². The van der Waals surface area contributed by atoms with Crippen LogP contribution in [-0.2, 0) is 29.2 Å². The highest BCUT2D eigenvalue weighted by Crippen LogP contribution is 2.19. The fraction of sp³-hybridized carbons (Fsp3) is 0.562. The van der Waals surface area contributed by atoms with E-state index >= 15 is 0 Å². The zero-order valence-corrected chi connectivity index (χ0v) is 15.8. The average molecular weight is 406 g/mol. The van der Waals surface area contributed by atoms with Gasteiger partial charge in [-0.3, -0.25) is 4.90 Å². The third-order valence-electron chi connectivity index (χ3n) is 3.84. The topological polar surface area (TPSA) is 80.5 Å². The lowest BCUT2D eigenvalue weighted by Gasteiger charge is -2.22. The number of alkyl halides is 3. The molecule has 3 heterocycles. The molecule has 2 aromatic rings. The van der Waals surface area contributed by atoms with Crippen molar-refractivity contribution in [2.24, 2.45) is 5.92 Å². The van der Waals surface area contributed by atoms with Crippen molar-refractivity contribution in [1.29, 1.82) is 0 Å². The first kappa shape index (κ1) is 21.3. The fourth-order valence-electron chi connectivity index (χ4n) is 2.80. The number of carboxylic acids is 1. The average Bonchev–Trinajstić information content (AvgIpc) is 3.13. The standard InChI is InChI=1S/C14H20N4OS.C2HF3O2/c1-11-16-13(10-20-11)7-17-5-12(9-19-2)6-18-4-3-15-14(18)8-17;3-2(4,5)1(6)7/h3-4,10,12H,5-9H2,1-2H3;(H,6,7). The number of aliphatic carboxylic acids is 1. The number of fused-ring (bicyclic) bond motifs is 1. The van der Waals surface area contributed by atoms with Gasteiger partial charge in [0.2, 0.25) is 0 Å². The Kier molecular flexibility index (Phi) is 7.33. The summed E-state index contributed by atoms with van der Waals surface area (Å²) in [4.78, 5) is 20.4. The lowest BCUT2D eigenvalue weighted by Crippen LogP contribution is -2.29. The van der Waals surface area contributed by atoms with Crippen molar-refractivity contribution in [3.8, 4) is 0 Å². The van der Waals surface area contributed by atoms with Gasteiger partial charge in [0.05, 0.1) is 23.9 Å². The van der Waals surface area contributed by atoms with E-state index in [4.69, 9.17) is 14.6 Å². The third-order valence-corrected chi connectivity index (χ3v) is 4.66. The number of aromatic nitrogens is 3. The highest BCUT2D eigenvalue weighted by atomic mass is 32.1. The number of halogens is 3. The third kappa shape index (κ3) is 6.60. The van der Waals surface area contributed by atoms with Crippen LogP contribution in [0.25, 0.3) is 0 Å². The van der Waals surface area contributed by atoms with Crippen LogP contribution in [0.4, 0.5) is 13.2 Å². The zero-order valence-electron chi connectivity index (χ0n) is 14.9. The molecule has 2 aromatic heterocycles. The number of rotatable bonds is 4. The van der Waals surface area contributed by atoms with Crippen molar-refractivity contribution in [2.75, 3.05) is 20.3 Å². The largest absolute Gasteiger partial charge is 0.490 e. The Bertz CT molecular complexity index is 747. The molecular formula is C16H21F3N4O3S. The number of aryl methyl sites for hydroxylation is 1. The molecular weight excluding hydrogens is 385 g/mol. The van der Waals surface area contributed by atoms with E-state index in [1.165, 1.54) is 0 Å². The molecule has 1 N–H and O–H groups in total. The SMILES string of the molecule is COCC1CN(Cc2csc(C)n2)Cc2nccn2C1.O=C(O)C(F)(F)F. The van der Waals surface area contributed by atoms with Crippen LogP contribution < -0.4 is 0 Å². The summed E-state index contributed by atoms with van der Waals surface area (Å²) in [6, 6.07) is 0. The van der Waals surface area contributed by atoms with E-state index in [1.54, 1.807) is 18.4 Å². The van der Waals surface area contributed by atoms with Crippen molar-refractivity contribution in [3.63, 3.8) is 0 Å². The number of imidazole rings is 1. The van der Waals surface area contributed by atoms with Gasteiger partial charge in [-0.25, -0.2) is 14.8 Å². The molecule has 150 valence electrons. The van der Waals surface area contributed by atoms with Crippen molar-refractivity contribution < 1.29 is 27.8 Å². The minimum Gasteiger partial charge on any atom is -0.475 e. The Morgan fingerprint density at radius 2 is 2.15 bits per heavy atom. The number of ether oxygens (including phenoxy) is 1. The van der Waals surface area contributed by atoms with Crippen LogP contribution in [0.1, 0.15) is 16.5 Å². The summed E-state index contributed by atoms with van der Waals surface area (Å²) in [5.74, 6) is -1.13. The highest BCUT2D eigenvalue weighted by Gasteiger charge is 2.38. The van der Waals surface area contributed by atoms with Crippen LogP contribution >= 0.6 is 11.3 Å². The summed E-state index contributed by atoms with van der Waals surface area (Å²) in [5.41, 5.74) is 1.16. The first-order chi connectivity index (χ1) is 12.7. The molecule has 0 fully saturated rings. The van der Waals surface area contributed by atoms with Crippen LogP contribution in [0, 0.1) is 12.8 Å². The maximum Gasteiger partial charge on any atom is 0.490 e. The quantitative estimate of drug-likeness (QED) is 0.841. The first-order valence-corrected chi connectivity index (χ1v) is 8.99. The second kappa shape index (κ2) is 9.29. The Labute approximate surface area is 158 Å². The molecule has 11 heteroatoms. The molecule has 0 saturated carbocycles. The van der Waals surface area contributed by atoms with Gasteiger partial charge in [0.1, 0.15) is 5.82 Å². The smallest absolute Gasteiger partial charge is 0.475 e. The molecule has 0 aromatic carbocycles. The molecule has 0 amide bonds. The highest BCUT2D eigenvalue weighted by molar-refractivity contribution is 7.09. The summed E-state index contributed by atoms with van der Waals surface area (Å²) >= 11 is 1.71. The number of methoxy groups -OCH3 is 1. The Morgan fingerprint density at radius 3 is 2.70 bits per heavy atom. The lowest BCUT2D eigenvalue weighted by molar-refractivity contribution is -0.192. The predicted octanol–water partition coefficient (Wildman–Crippen LogP) is 2.56. The van der Waals surface area contributed by atoms with Gasteiger partial charge < -0.3 is 14.4 Å². The van der Waals surface area contributed by atoms with Crippen LogP contribution in [-0.4, -0.2) is 56.9 Å². The monoisotopic (exact) mass is 406 g/mol. The molecule has 1 aliphatic rings. The van der Waals surface area contributed by atoms with Crippen molar-refractivity contribution in [1.82, 2.24) is 19.4 Å². The first-order valence-electron chi connectivity index (χ1n) is 8.11. The second-order valence-corrected chi connectivity index (χ2v) is 7.21. The van der Waals surface area contributed by atoms with Gasteiger partial charge in [-0.05, 0) is 6.92 Å². The predicted molar refractivity (Wildman–Crippen MR) is 92.2 cm³/mol. The molecule has 7 nitrogen and oxygen atoms in total. The molecule has 27 heavy (non-hydrogen) atoms. The Hall–Kier alpha value is -1.98. The summed E-state index contributed by atoms with van der Waals surface area (Å²) < 4.78 is 39.3. The number of carboxylic acid groups (broad SMARTS) is 1. The number of thiazole rings is 1. The molecule has 3 rings (SSSR count). The van der Waals surface area contributed by atoms with E-state index in [9.17, 15) is 13.2 Å². The minimum atomic E-state index is -5.08. The second-order valence-electron chi connectivity index (χ2n) is 6.15. The van der Waals surface area contributed by atoms with E-state index in [-0.39, 0.29) is 0 Å². The molecule has 0 spiro atoms. The zero-order chi connectivity index (χ0) is 20.0. The molecule has 1 aliphatic heterocycles. The maximum absolute atomic E-state index is 10.6. The number of hydrogen-bond donors (Lipinski definition) is 1. The van der Waals surface area contributed by atoms with E-state index < -0.39 is 12.1 Å². The number of carbonyl (C=O) groups is 1. The van der Waals surface area contributed by atoms with Gasteiger partial charge in [0.25, 0.3) is 0 Å². The molecule has 1 unspecified atom stereocenters. The number of nitrogens with zero attached hydrogens (tertiary/aromatic N) is 4. The van der Waals surface area contributed by atoms with Crippen molar-refractivity contribution in [3.05, 3.63) is 34.3 Å². The summed E-state index contributed by atoms with van der Waals surface area (Å²) in [7, 11) is 1.77. The molecule has 0 radical (unpaired) electrons. The summed E-state index contributed by atoms with van der Waals surface area (Å²) in [6.45, 7) is 6.60. The van der Waals surface area contributed by atoms with Crippen LogP contribution in [0.3, 0.4) is 0 Å². The van der Waals surface area contributed by atoms with E-state index in [0.717, 1.165) is 49.3 Å². The van der Waals surface area contributed by atoms with Crippen molar-refractivity contribution >= 4 is 17.3 Å². The van der Waals surface area contributed by atoms with Gasteiger partial charge in [-0.1, -0.05) is 0 Å². The van der Waals surface area contributed by atoms with Crippen LogP contribution in [0.2, 0.25) is 0 Å². The molecule has 0 bridgehead atoms. The fourth-order valence-corrected chi connectivity index (χ4v) is 3.40. The van der Waals surface area contributed by atoms with Crippen molar-refractivity contribution in [2.45, 2.75) is 32.7 Å². The Morgan fingerprint density at radius 1 is 1.44 bits per heavy atom. The normalized spacial score (nSPS) is 17.6. The summed E-state index contributed by atoms with van der Waals surface area (Å²) in [5, 5.41) is 10.4. The minimum absolute atomic E-state index is 0.496. The van der Waals surface area contributed by atoms with Gasteiger partial charge in [0.15, 0.2) is 0 Å². The van der Waals surface area contributed by atoms with E-state index in [0.29, 0.717) is 5.92 Å². The van der Waals surface area contributed by atoms with Crippen LogP contribution in [0.15, 0.2) is 17.8 Å². The van der Waals surface area contributed by atoms with Gasteiger partial charge in [-0.15, -0.1) is 11.3 Å². The molecule has 1 atom stereocenters. The number of hydrogen-bond acceptors (Lipinski definition) is 6. The van der Waals surface area contributed by atoms with Gasteiger partial charge in [-0.2, -0.15) is 13.2 Å². The van der Waals surface area contributed by atoms with Crippen LogP contribution in [0.5, 0.6) is 0 Å². The molecule has 0 aliphatic carbocycles. The van der Waals surface area contributed by atoms with E-state index in [2.05, 4.69) is 37.9 Å². The lowest BCUT2D eigenvalue weighted by atomic mass is 10.1.